The topological polar surface area (TPSA) is 86.7 Å². The molecule has 0 bridgehead atoms. The number of hydrogen-bond donors (Lipinski definition) is 0. The smallest absolute Gasteiger partial charge is 0.339 e. The molecule has 0 aliphatic heterocycles. The van der Waals surface area contributed by atoms with Gasteiger partial charge in [0.05, 0.1) is 11.1 Å². The van der Waals surface area contributed by atoms with Gasteiger partial charge in [-0.15, -0.1) is 0 Å². The molecule has 6 nitrogen and oxygen atoms in total. The molecule has 0 heterocycles. The van der Waals surface area contributed by atoms with Crippen LogP contribution in [0.1, 0.15) is 52.6 Å². The first-order valence-corrected chi connectivity index (χ1v) is 10.1. The molecule has 0 aromatic heterocycles. The summed E-state index contributed by atoms with van der Waals surface area (Å²) in [6.07, 6.45) is 0. The maximum atomic E-state index is 12.7. The summed E-state index contributed by atoms with van der Waals surface area (Å²) in [7, 11) is 0. The van der Waals surface area contributed by atoms with Gasteiger partial charge in [-0.3, -0.25) is 9.59 Å². The van der Waals surface area contributed by atoms with Crippen molar-refractivity contribution >= 4 is 45.6 Å². The van der Waals surface area contributed by atoms with E-state index in [9.17, 15) is 19.2 Å². The van der Waals surface area contributed by atoms with Gasteiger partial charge < -0.3 is 9.47 Å². The lowest BCUT2D eigenvalue weighted by Gasteiger charge is -2.13. The van der Waals surface area contributed by atoms with E-state index in [1.807, 2.05) is 12.1 Å². The summed E-state index contributed by atoms with van der Waals surface area (Å²) in [4.78, 5) is 49.1. The molecule has 3 aromatic carbocycles. The molecule has 0 fully saturated rings. The normalized spacial score (nSPS) is 10.3. The van der Waals surface area contributed by atoms with Crippen LogP contribution in [0.3, 0.4) is 0 Å². The third-order valence-electron chi connectivity index (χ3n) is 4.45. The number of rotatable bonds is 8. The van der Waals surface area contributed by atoms with Crippen LogP contribution in [0.2, 0.25) is 0 Å². The number of halogens is 2. The number of ether oxygens (including phenoxy) is 2. The first-order valence-electron chi connectivity index (χ1n) is 9.36. The minimum atomic E-state index is -1.01. The quantitative estimate of drug-likeness (QED) is 0.333. The number of carbonyl (C=O) groups excluding carboxylic acids is 4. The standard InChI is InChI=1S/C24H16Cl2O6/c25-21(27)17-11-18(22(26)28)20(24(30)32-14-16-9-5-2-6-10-16)12-19(17)23(29)31-13-15-7-3-1-4-8-15/h1-12H,13-14H2. The van der Waals surface area contributed by atoms with E-state index in [4.69, 9.17) is 32.7 Å². The fraction of sp³-hybridized carbons (Fsp3) is 0.0833. The van der Waals surface area contributed by atoms with E-state index in [1.54, 1.807) is 48.5 Å². The fourth-order valence-corrected chi connectivity index (χ4v) is 3.18. The molecule has 3 aromatic rings. The highest BCUT2D eigenvalue weighted by atomic mass is 35.5. The second-order valence-electron chi connectivity index (χ2n) is 6.61. The van der Waals surface area contributed by atoms with E-state index in [0.29, 0.717) is 0 Å². The predicted molar refractivity (Wildman–Crippen MR) is 118 cm³/mol. The summed E-state index contributed by atoms with van der Waals surface area (Å²) in [5.74, 6) is -1.80. The van der Waals surface area contributed by atoms with Crippen molar-refractivity contribution < 1.29 is 28.7 Å². The maximum absolute atomic E-state index is 12.7. The summed E-state index contributed by atoms with van der Waals surface area (Å²) in [5.41, 5.74) is 0.245. The molecule has 3 rings (SSSR count). The van der Waals surface area contributed by atoms with E-state index in [0.717, 1.165) is 23.3 Å². The Morgan fingerprint density at radius 2 is 0.906 bits per heavy atom. The highest BCUT2D eigenvalue weighted by molar-refractivity contribution is 6.69. The van der Waals surface area contributed by atoms with Crippen molar-refractivity contribution in [3.8, 4) is 0 Å². The molecule has 162 valence electrons. The largest absolute Gasteiger partial charge is 0.457 e. The van der Waals surface area contributed by atoms with Gasteiger partial charge in [0.2, 0.25) is 0 Å². The average molecular weight is 471 g/mol. The van der Waals surface area contributed by atoms with E-state index in [-0.39, 0.29) is 35.5 Å². The van der Waals surface area contributed by atoms with Gasteiger partial charge in [0.15, 0.2) is 0 Å². The van der Waals surface area contributed by atoms with Crippen molar-refractivity contribution in [2.45, 2.75) is 13.2 Å². The van der Waals surface area contributed by atoms with Crippen molar-refractivity contribution in [3.63, 3.8) is 0 Å². The highest BCUT2D eigenvalue weighted by Crippen LogP contribution is 2.23. The SMILES string of the molecule is O=C(Cl)c1cc(C(=O)Cl)c(C(=O)OCc2ccccc2)cc1C(=O)OCc1ccccc1. The molecular weight excluding hydrogens is 455 g/mol. The van der Waals surface area contributed by atoms with Gasteiger partial charge in [-0.25, -0.2) is 9.59 Å². The highest BCUT2D eigenvalue weighted by Gasteiger charge is 2.26. The third-order valence-corrected chi connectivity index (χ3v) is 4.85. The molecule has 0 spiro atoms. The van der Waals surface area contributed by atoms with E-state index < -0.39 is 22.4 Å². The second-order valence-corrected chi connectivity index (χ2v) is 7.30. The minimum absolute atomic E-state index is 0.0699. The minimum Gasteiger partial charge on any atom is -0.457 e. The van der Waals surface area contributed by atoms with Crippen molar-refractivity contribution in [2.75, 3.05) is 0 Å². The molecule has 0 N–H and O–H groups in total. The molecule has 0 unspecified atom stereocenters. The Morgan fingerprint density at radius 3 is 1.25 bits per heavy atom. The van der Waals surface area contributed by atoms with Crippen molar-refractivity contribution in [3.05, 3.63) is 106 Å². The van der Waals surface area contributed by atoms with Gasteiger partial charge in [-0.05, 0) is 46.5 Å². The Morgan fingerprint density at radius 1 is 0.562 bits per heavy atom. The van der Waals surface area contributed by atoms with Crippen LogP contribution in [0.4, 0.5) is 0 Å². The molecule has 0 radical (unpaired) electrons. The number of hydrogen-bond acceptors (Lipinski definition) is 6. The van der Waals surface area contributed by atoms with Gasteiger partial charge in [0.25, 0.3) is 10.5 Å². The molecule has 0 saturated heterocycles. The Bertz CT molecular complexity index is 1070. The predicted octanol–water partition coefficient (Wildman–Crippen LogP) is 5.16. The van der Waals surface area contributed by atoms with Crippen LogP contribution in [0.5, 0.6) is 0 Å². The van der Waals surface area contributed by atoms with E-state index >= 15 is 0 Å². The first-order chi connectivity index (χ1) is 15.4. The molecule has 0 saturated carbocycles. The zero-order chi connectivity index (χ0) is 23.1. The monoisotopic (exact) mass is 470 g/mol. The molecule has 0 aliphatic rings. The number of benzene rings is 3. The summed E-state index contributed by atoms with van der Waals surface area (Å²) >= 11 is 11.2. The lowest BCUT2D eigenvalue weighted by Crippen LogP contribution is -2.16. The third kappa shape index (κ3) is 5.81. The Kier molecular flexibility index (Phi) is 7.76. The van der Waals surface area contributed by atoms with Crippen LogP contribution in [-0.2, 0) is 22.7 Å². The van der Waals surface area contributed by atoms with Gasteiger partial charge >= 0.3 is 11.9 Å². The van der Waals surface area contributed by atoms with Crippen LogP contribution in [-0.4, -0.2) is 22.4 Å². The second kappa shape index (κ2) is 10.7. The van der Waals surface area contributed by atoms with Gasteiger partial charge in [0.1, 0.15) is 13.2 Å². The van der Waals surface area contributed by atoms with Crippen LogP contribution < -0.4 is 0 Å². The van der Waals surface area contributed by atoms with E-state index in [1.165, 1.54) is 0 Å². The van der Waals surface area contributed by atoms with Gasteiger partial charge in [0, 0.05) is 11.1 Å². The van der Waals surface area contributed by atoms with Crippen LogP contribution >= 0.6 is 23.2 Å². The Hall–Kier alpha value is -3.48. The van der Waals surface area contributed by atoms with Crippen LogP contribution in [0.25, 0.3) is 0 Å². The van der Waals surface area contributed by atoms with Crippen molar-refractivity contribution in [1.82, 2.24) is 0 Å². The summed E-state index contributed by atoms with van der Waals surface area (Å²) in [6.45, 7) is -0.140. The van der Waals surface area contributed by atoms with Crippen molar-refractivity contribution in [2.24, 2.45) is 0 Å². The molecule has 0 amide bonds. The molecule has 8 heteroatoms. The van der Waals surface area contributed by atoms with Crippen LogP contribution in [0, 0.1) is 0 Å². The zero-order valence-corrected chi connectivity index (χ0v) is 18.1. The maximum Gasteiger partial charge on any atom is 0.339 e. The molecule has 0 aliphatic carbocycles. The summed E-state index contributed by atoms with van der Waals surface area (Å²) < 4.78 is 10.5. The number of esters is 2. The molecule has 0 atom stereocenters. The molecule has 32 heavy (non-hydrogen) atoms. The molecular formula is C24H16Cl2O6. The van der Waals surface area contributed by atoms with Crippen LogP contribution in [0.15, 0.2) is 72.8 Å². The Labute approximate surface area is 193 Å². The average Bonchev–Trinajstić information content (AvgIpc) is 2.81. The van der Waals surface area contributed by atoms with Gasteiger partial charge in [-0.2, -0.15) is 0 Å². The summed E-state index contributed by atoms with van der Waals surface area (Å²) in [5, 5.41) is -2.03. The zero-order valence-electron chi connectivity index (χ0n) is 16.5. The lowest BCUT2D eigenvalue weighted by molar-refractivity contribution is 0.0466. The lowest BCUT2D eigenvalue weighted by atomic mass is 9.99. The van der Waals surface area contributed by atoms with Gasteiger partial charge in [-0.1, -0.05) is 60.7 Å². The van der Waals surface area contributed by atoms with Crippen molar-refractivity contribution in [1.29, 1.82) is 0 Å². The fourth-order valence-electron chi connectivity index (χ4n) is 2.86. The number of carbonyl (C=O) groups is 4. The summed E-state index contributed by atoms with van der Waals surface area (Å²) in [6, 6.07) is 19.8. The Balaban J connectivity index is 1.91. The first kappa shape index (κ1) is 23.2. The van der Waals surface area contributed by atoms with E-state index in [2.05, 4.69) is 0 Å².